The van der Waals surface area contributed by atoms with Gasteiger partial charge in [0.05, 0.1) is 6.61 Å². The number of nitrogens with zero attached hydrogens (tertiary/aromatic N) is 1. The molecule has 4 nitrogen and oxygen atoms in total. The number of hydrogen-bond donors (Lipinski definition) is 1. The lowest BCUT2D eigenvalue weighted by Crippen LogP contribution is -2.26. The van der Waals surface area contributed by atoms with E-state index in [9.17, 15) is 13.6 Å². The summed E-state index contributed by atoms with van der Waals surface area (Å²) in [5, 5.41) is 3.25. The number of aryl methyl sites for hydroxylation is 1. The maximum Gasteiger partial charge on any atom is 0.252 e. The second kappa shape index (κ2) is 10.1. The van der Waals surface area contributed by atoms with Gasteiger partial charge in [0.15, 0.2) is 0 Å². The molecule has 1 amide bonds. The first-order valence-electron chi connectivity index (χ1n) is 10.2. The molecule has 1 heterocycles. The van der Waals surface area contributed by atoms with Gasteiger partial charge in [-0.25, -0.2) is 8.78 Å². The van der Waals surface area contributed by atoms with Crippen LogP contribution in [0.25, 0.3) is 10.9 Å². The van der Waals surface area contributed by atoms with E-state index in [1.165, 1.54) is 12.1 Å². The predicted octanol–water partition coefficient (Wildman–Crippen LogP) is 5.15. The van der Waals surface area contributed by atoms with E-state index in [4.69, 9.17) is 4.74 Å². The quantitative estimate of drug-likeness (QED) is 0.495. The lowest BCUT2D eigenvalue weighted by Gasteiger charge is -2.16. The number of nitrogens with one attached hydrogen (secondary N) is 1. The Bertz CT molecular complexity index is 1020. The zero-order chi connectivity index (χ0) is 21.5. The Morgan fingerprint density at radius 3 is 2.63 bits per heavy atom. The molecule has 6 heteroatoms. The summed E-state index contributed by atoms with van der Waals surface area (Å²) in [6, 6.07) is 9.96. The Kier molecular flexibility index (Phi) is 7.33. The van der Waals surface area contributed by atoms with Gasteiger partial charge in [-0.1, -0.05) is 25.5 Å². The van der Waals surface area contributed by atoms with Crippen LogP contribution in [0.15, 0.2) is 42.6 Å². The second-order valence-electron chi connectivity index (χ2n) is 7.26. The smallest absolute Gasteiger partial charge is 0.252 e. The molecule has 0 aliphatic heterocycles. The normalized spacial score (nSPS) is 10.9. The first-order valence-corrected chi connectivity index (χ1v) is 10.2. The number of ether oxygens (including phenoxy) is 1. The number of hydrogen-bond acceptors (Lipinski definition) is 3. The van der Waals surface area contributed by atoms with Crippen LogP contribution in [0.2, 0.25) is 0 Å². The molecule has 30 heavy (non-hydrogen) atoms. The molecule has 0 bridgehead atoms. The highest BCUT2D eigenvalue weighted by Gasteiger charge is 2.18. The van der Waals surface area contributed by atoms with Crippen LogP contribution < -0.4 is 10.1 Å². The highest BCUT2D eigenvalue weighted by Crippen LogP contribution is 2.32. The standard InChI is InChI=1S/C24H26F2N2O2/c1-3-4-11-30-23-16(2)12-21(24(29)27-10-9-25)20-14-18(15-28-22(20)23)13-17-5-7-19(26)8-6-17/h5-8,12,14-15H,3-4,9-11,13H2,1-2H3,(H,27,29). The number of aromatic nitrogens is 1. The zero-order valence-electron chi connectivity index (χ0n) is 17.3. The van der Waals surface area contributed by atoms with E-state index in [1.54, 1.807) is 24.4 Å². The number of carbonyl (C=O) groups is 1. The molecule has 0 atom stereocenters. The van der Waals surface area contributed by atoms with Crippen LogP contribution in [0.3, 0.4) is 0 Å². The Morgan fingerprint density at radius 2 is 1.93 bits per heavy atom. The van der Waals surface area contributed by atoms with E-state index in [1.807, 2.05) is 13.0 Å². The molecular weight excluding hydrogens is 386 g/mol. The number of benzene rings is 2. The van der Waals surface area contributed by atoms with E-state index >= 15 is 0 Å². The highest BCUT2D eigenvalue weighted by molar-refractivity contribution is 6.08. The number of alkyl halides is 1. The van der Waals surface area contributed by atoms with Crippen molar-refractivity contribution in [3.8, 4) is 5.75 Å². The number of pyridine rings is 1. The summed E-state index contributed by atoms with van der Waals surface area (Å²) in [7, 11) is 0. The monoisotopic (exact) mass is 412 g/mol. The van der Waals surface area contributed by atoms with Crippen molar-refractivity contribution in [2.24, 2.45) is 0 Å². The largest absolute Gasteiger partial charge is 0.491 e. The van der Waals surface area contributed by atoms with Gasteiger partial charge < -0.3 is 10.1 Å². The van der Waals surface area contributed by atoms with Crippen LogP contribution in [0.5, 0.6) is 5.75 Å². The van der Waals surface area contributed by atoms with Gasteiger partial charge in [-0.2, -0.15) is 0 Å². The Labute approximate surface area is 175 Å². The maximum absolute atomic E-state index is 13.2. The fraction of sp³-hybridized carbons (Fsp3) is 0.333. The summed E-state index contributed by atoms with van der Waals surface area (Å²) in [5.41, 5.74) is 3.68. The zero-order valence-corrected chi connectivity index (χ0v) is 17.3. The summed E-state index contributed by atoms with van der Waals surface area (Å²) in [4.78, 5) is 17.3. The van der Waals surface area contributed by atoms with Crippen molar-refractivity contribution in [2.75, 3.05) is 19.8 Å². The average Bonchev–Trinajstić information content (AvgIpc) is 2.75. The second-order valence-corrected chi connectivity index (χ2v) is 7.26. The van der Waals surface area contributed by atoms with Crippen LogP contribution in [-0.4, -0.2) is 30.7 Å². The average molecular weight is 412 g/mol. The van der Waals surface area contributed by atoms with Crippen LogP contribution >= 0.6 is 0 Å². The number of unbranched alkanes of at least 4 members (excludes halogenated alkanes) is 1. The van der Waals surface area contributed by atoms with Crippen molar-refractivity contribution in [3.63, 3.8) is 0 Å². The van der Waals surface area contributed by atoms with Crippen molar-refractivity contribution < 1.29 is 18.3 Å². The van der Waals surface area contributed by atoms with Crippen molar-refractivity contribution in [1.29, 1.82) is 0 Å². The van der Waals surface area contributed by atoms with Gasteiger partial charge in [0.2, 0.25) is 0 Å². The van der Waals surface area contributed by atoms with Crippen LogP contribution in [0.4, 0.5) is 8.78 Å². The third kappa shape index (κ3) is 5.12. The molecule has 0 saturated carbocycles. The SMILES string of the molecule is CCCCOc1c(C)cc(C(=O)NCCF)c2cc(Cc3ccc(F)cc3)cnc12. The summed E-state index contributed by atoms with van der Waals surface area (Å²) < 4.78 is 31.7. The number of fused-ring (bicyclic) bond motifs is 1. The molecule has 3 aromatic rings. The van der Waals surface area contributed by atoms with Gasteiger partial charge in [0, 0.05) is 23.7 Å². The highest BCUT2D eigenvalue weighted by atomic mass is 19.1. The molecule has 0 spiro atoms. The summed E-state index contributed by atoms with van der Waals surface area (Å²) >= 11 is 0. The predicted molar refractivity (Wildman–Crippen MR) is 114 cm³/mol. The molecular formula is C24H26F2N2O2. The third-order valence-corrected chi connectivity index (χ3v) is 4.86. The first-order chi connectivity index (χ1) is 14.5. The van der Waals surface area contributed by atoms with E-state index in [-0.39, 0.29) is 18.3 Å². The number of carbonyl (C=O) groups excluding carboxylic acids is 1. The lowest BCUT2D eigenvalue weighted by molar-refractivity contribution is 0.0952. The first kappa shape index (κ1) is 21.7. The molecule has 158 valence electrons. The van der Waals surface area contributed by atoms with Crippen molar-refractivity contribution in [2.45, 2.75) is 33.1 Å². The number of rotatable bonds is 9. The molecule has 1 N–H and O–H groups in total. The summed E-state index contributed by atoms with van der Waals surface area (Å²) in [6.45, 7) is 3.86. The van der Waals surface area contributed by atoms with Crippen LogP contribution in [-0.2, 0) is 6.42 Å². The Hall–Kier alpha value is -3.02. The van der Waals surface area contributed by atoms with Gasteiger partial charge in [0.25, 0.3) is 5.91 Å². The van der Waals surface area contributed by atoms with Crippen molar-refractivity contribution in [1.82, 2.24) is 10.3 Å². The topological polar surface area (TPSA) is 51.2 Å². The Morgan fingerprint density at radius 1 is 1.17 bits per heavy atom. The van der Waals surface area contributed by atoms with Gasteiger partial charge in [0.1, 0.15) is 23.8 Å². The minimum absolute atomic E-state index is 0.0448. The molecule has 1 aromatic heterocycles. The lowest BCUT2D eigenvalue weighted by atomic mass is 9.99. The minimum Gasteiger partial charge on any atom is -0.491 e. The van der Waals surface area contributed by atoms with Crippen molar-refractivity contribution >= 4 is 16.8 Å². The summed E-state index contributed by atoms with van der Waals surface area (Å²) in [5.74, 6) is 0.0296. The van der Waals surface area contributed by atoms with E-state index in [2.05, 4.69) is 17.2 Å². The molecule has 0 aliphatic carbocycles. The molecule has 0 saturated heterocycles. The van der Waals surface area contributed by atoms with E-state index < -0.39 is 6.67 Å². The molecule has 0 fully saturated rings. The van der Waals surface area contributed by atoms with E-state index in [0.717, 1.165) is 29.5 Å². The Balaban J connectivity index is 2.04. The maximum atomic E-state index is 13.2. The van der Waals surface area contributed by atoms with Gasteiger partial charge in [-0.15, -0.1) is 0 Å². The van der Waals surface area contributed by atoms with Crippen LogP contribution in [0, 0.1) is 12.7 Å². The number of halogens is 2. The summed E-state index contributed by atoms with van der Waals surface area (Å²) in [6.07, 6.45) is 4.23. The third-order valence-electron chi connectivity index (χ3n) is 4.86. The van der Waals surface area contributed by atoms with Crippen LogP contribution in [0.1, 0.15) is 46.8 Å². The molecule has 0 unspecified atom stereocenters. The van der Waals surface area contributed by atoms with Gasteiger partial charge >= 0.3 is 0 Å². The number of amides is 1. The molecule has 2 aromatic carbocycles. The minimum atomic E-state index is -0.630. The van der Waals surface area contributed by atoms with Gasteiger partial charge in [-0.3, -0.25) is 9.78 Å². The fourth-order valence-electron chi connectivity index (χ4n) is 3.32. The molecule has 0 radical (unpaired) electrons. The molecule has 0 aliphatic rings. The fourth-order valence-corrected chi connectivity index (χ4v) is 3.32. The van der Waals surface area contributed by atoms with E-state index in [0.29, 0.717) is 35.2 Å². The molecule has 3 rings (SSSR count). The van der Waals surface area contributed by atoms with Crippen molar-refractivity contribution in [3.05, 3.63) is 70.7 Å². The van der Waals surface area contributed by atoms with Gasteiger partial charge in [-0.05, 0) is 60.7 Å².